The maximum absolute atomic E-state index is 10.5. The number of carbonyl (C=O) groups is 1. The van der Waals surface area contributed by atoms with Gasteiger partial charge in [-0.05, 0) is 23.4 Å². The molecule has 19 heavy (non-hydrogen) atoms. The molecule has 0 spiro atoms. The van der Waals surface area contributed by atoms with Crippen molar-refractivity contribution in [3.05, 3.63) is 34.1 Å². The lowest BCUT2D eigenvalue weighted by molar-refractivity contribution is 0.0680. The van der Waals surface area contributed by atoms with Crippen LogP contribution in [-0.2, 0) is 0 Å². The van der Waals surface area contributed by atoms with Crippen LogP contribution < -0.4 is 4.74 Å². The first-order chi connectivity index (χ1) is 9.06. The van der Waals surface area contributed by atoms with Gasteiger partial charge in [0.25, 0.3) is 5.82 Å². The molecule has 8 heteroatoms. The van der Waals surface area contributed by atoms with Gasteiger partial charge in [0.05, 0.1) is 5.02 Å². The molecule has 2 rings (SSSR count). The van der Waals surface area contributed by atoms with Crippen molar-refractivity contribution in [3.63, 3.8) is 0 Å². The fourth-order valence-corrected chi connectivity index (χ4v) is 1.44. The molecular formula is C11H10Cl2N2O4. The van der Waals surface area contributed by atoms with Gasteiger partial charge in [-0.2, -0.15) is 0 Å². The van der Waals surface area contributed by atoms with Gasteiger partial charge in [-0.3, -0.25) is 4.52 Å². The summed E-state index contributed by atoms with van der Waals surface area (Å²) in [6.07, 6.45) is -0.313. The topological polar surface area (TPSA) is 85.5 Å². The average Bonchev–Trinajstić information content (AvgIpc) is 2.84. The minimum atomic E-state index is -1.31. The molecular weight excluding hydrogens is 295 g/mol. The van der Waals surface area contributed by atoms with Crippen molar-refractivity contribution in [2.45, 2.75) is 13.8 Å². The minimum absolute atomic E-state index is 0.233. The summed E-state index contributed by atoms with van der Waals surface area (Å²) in [5.41, 5.74) is 0. The highest BCUT2D eigenvalue weighted by Crippen LogP contribution is 2.30. The van der Waals surface area contributed by atoms with E-state index >= 15 is 0 Å². The molecule has 0 saturated carbocycles. The Balaban J connectivity index is 0.000000861. The molecule has 102 valence electrons. The summed E-state index contributed by atoms with van der Waals surface area (Å²) in [7, 11) is 0. The van der Waals surface area contributed by atoms with E-state index in [-0.39, 0.29) is 16.8 Å². The van der Waals surface area contributed by atoms with Crippen molar-refractivity contribution >= 4 is 29.2 Å². The number of aromatic carboxylic acids is 1. The fourth-order valence-electron chi connectivity index (χ4n) is 0.990. The molecule has 0 bridgehead atoms. The molecule has 1 N–H and O–H groups in total. The summed E-state index contributed by atoms with van der Waals surface area (Å²) in [5, 5.41) is 12.4. The summed E-state index contributed by atoms with van der Waals surface area (Å²) in [6.45, 7) is 4.00. The van der Waals surface area contributed by atoms with E-state index < -0.39 is 11.8 Å². The van der Waals surface area contributed by atoms with E-state index in [1.807, 2.05) is 13.8 Å². The summed E-state index contributed by atoms with van der Waals surface area (Å²) >= 11 is 11.5. The van der Waals surface area contributed by atoms with Gasteiger partial charge in [0.1, 0.15) is 0 Å². The predicted molar refractivity (Wildman–Crippen MR) is 69.1 cm³/mol. The smallest absolute Gasteiger partial charge is 0.423 e. The standard InChI is InChI=1S/C9H4Cl2N2O4.C2H6/c10-4-1-2-6(5(11)3-4)16-9-12-7(8(14)15)13-17-9;1-2/h1-3H,(H,14,15);1-2H3. The fraction of sp³-hybridized carbons (Fsp3) is 0.182. The minimum Gasteiger partial charge on any atom is -0.475 e. The van der Waals surface area contributed by atoms with Gasteiger partial charge in [0, 0.05) is 5.02 Å². The van der Waals surface area contributed by atoms with Crippen molar-refractivity contribution in [3.8, 4) is 11.8 Å². The second-order valence-electron chi connectivity index (χ2n) is 2.87. The SMILES string of the molecule is CC.O=C(O)c1noc(Oc2ccc(Cl)cc2Cl)n1. The molecule has 0 aliphatic carbocycles. The Hall–Kier alpha value is -1.79. The van der Waals surface area contributed by atoms with Gasteiger partial charge < -0.3 is 9.84 Å². The van der Waals surface area contributed by atoms with Gasteiger partial charge in [0.2, 0.25) is 0 Å². The molecule has 0 amide bonds. The van der Waals surface area contributed by atoms with Crippen LogP contribution >= 0.6 is 23.2 Å². The Morgan fingerprint density at radius 2 is 2.05 bits per heavy atom. The quantitative estimate of drug-likeness (QED) is 0.925. The molecule has 0 saturated heterocycles. The van der Waals surface area contributed by atoms with Crippen LogP contribution in [0.5, 0.6) is 11.8 Å². The normalized spacial score (nSPS) is 9.47. The Morgan fingerprint density at radius 3 is 2.58 bits per heavy atom. The van der Waals surface area contributed by atoms with Crippen LogP contribution in [0.4, 0.5) is 0 Å². The molecule has 1 aromatic carbocycles. The van der Waals surface area contributed by atoms with Crippen LogP contribution in [0.15, 0.2) is 22.7 Å². The van der Waals surface area contributed by atoms with Gasteiger partial charge >= 0.3 is 12.0 Å². The zero-order valence-electron chi connectivity index (χ0n) is 10.1. The zero-order chi connectivity index (χ0) is 14.4. The van der Waals surface area contributed by atoms with E-state index in [2.05, 4.69) is 14.7 Å². The highest BCUT2D eigenvalue weighted by molar-refractivity contribution is 6.35. The second kappa shape index (κ2) is 6.96. The molecule has 1 heterocycles. The number of hydrogen-bond donors (Lipinski definition) is 1. The molecule has 0 atom stereocenters. The number of hydrogen-bond acceptors (Lipinski definition) is 5. The molecule has 0 radical (unpaired) electrons. The van der Waals surface area contributed by atoms with Gasteiger partial charge in [0.15, 0.2) is 5.75 Å². The van der Waals surface area contributed by atoms with Crippen molar-refractivity contribution in [1.82, 2.24) is 10.1 Å². The van der Waals surface area contributed by atoms with Gasteiger partial charge in [-0.15, -0.1) is 4.98 Å². The number of ether oxygens (including phenoxy) is 1. The maximum atomic E-state index is 10.5. The van der Waals surface area contributed by atoms with E-state index in [1.165, 1.54) is 12.1 Å². The molecule has 2 aromatic rings. The summed E-state index contributed by atoms with van der Waals surface area (Å²) < 4.78 is 9.66. The van der Waals surface area contributed by atoms with Crippen LogP contribution in [0.1, 0.15) is 24.5 Å². The number of nitrogens with zero attached hydrogens (tertiary/aromatic N) is 2. The van der Waals surface area contributed by atoms with Gasteiger partial charge in [-0.25, -0.2) is 4.79 Å². The number of carboxylic acid groups (broad SMARTS) is 1. The second-order valence-corrected chi connectivity index (χ2v) is 3.71. The van der Waals surface area contributed by atoms with Crippen LogP contribution in [0.2, 0.25) is 10.0 Å². The lowest BCUT2D eigenvalue weighted by Gasteiger charge is -2.02. The molecule has 0 aliphatic heterocycles. The van der Waals surface area contributed by atoms with Crippen LogP contribution in [-0.4, -0.2) is 21.2 Å². The predicted octanol–water partition coefficient (Wildman–Crippen LogP) is 3.89. The van der Waals surface area contributed by atoms with E-state index in [4.69, 9.17) is 33.0 Å². The first kappa shape index (κ1) is 15.3. The molecule has 0 fully saturated rings. The third-order valence-corrected chi connectivity index (χ3v) is 2.22. The molecule has 0 unspecified atom stereocenters. The van der Waals surface area contributed by atoms with Crippen molar-refractivity contribution in [2.24, 2.45) is 0 Å². The van der Waals surface area contributed by atoms with Crippen molar-refractivity contribution in [1.29, 1.82) is 0 Å². The lowest BCUT2D eigenvalue weighted by atomic mass is 10.3. The van der Waals surface area contributed by atoms with E-state index in [9.17, 15) is 4.79 Å². The number of halogens is 2. The molecule has 6 nitrogen and oxygen atoms in total. The number of benzene rings is 1. The third-order valence-electron chi connectivity index (χ3n) is 1.69. The Bertz CT molecular complexity index is 572. The zero-order valence-corrected chi connectivity index (χ0v) is 11.6. The van der Waals surface area contributed by atoms with Gasteiger partial charge in [-0.1, -0.05) is 37.0 Å². The van der Waals surface area contributed by atoms with Crippen molar-refractivity contribution in [2.75, 3.05) is 0 Å². The number of aromatic nitrogens is 2. The van der Waals surface area contributed by atoms with Crippen LogP contribution in [0.3, 0.4) is 0 Å². The first-order valence-electron chi connectivity index (χ1n) is 5.26. The summed E-state index contributed by atoms with van der Waals surface area (Å²) in [6, 6.07) is 4.51. The summed E-state index contributed by atoms with van der Waals surface area (Å²) in [5.74, 6) is -1.58. The maximum Gasteiger partial charge on any atom is 0.423 e. The highest BCUT2D eigenvalue weighted by Gasteiger charge is 2.15. The Kier molecular flexibility index (Phi) is 5.59. The van der Waals surface area contributed by atoms with Crippen molar-refractivity contribution < 1.29 is 19.2 Å². The highest BCUT2D eigenvalue weighted by atomic mass is 35.5. The molecule has 0 aliphatic rings. The molecule has 1 aromatic heterocycles. The first-order valence-corrected chi connectivity index (χ1v) is 6.02. The Morgan fingerprint density at radius 1 is 1.37 bits per heavy atom. The monoisotopic (exact) mass is 304 g/mol. The van der Waals surface area contributed by atoms with E-state index in [0.717, 1.165) is 0 Å². The van der Waals surface area contributed by atoms with E-state index in [0.29, 0.717) is 5.02 Å². The largest absolute Gasteiger partial charge is 0.475 e. The van der Waals surface area contributed by atoms with E-state index in [1.54, 1.807) is 6.07 Å². The summed E-state index contributed by atoms with van der Waals surface area (Å²) in [4.78, 5) is 14.0. The lowest BCUT2D eigenvalue weighted by Crippen LogP contribution is -1.98. The number of carboxylic acids is 1. The number of rotatable bonds is 3. The average molecular weight is 305 g/mol. The van der Waals surface area contributed by atoms with Crippen LogP contribution in [0, 0.1) is 0 Å². The Labute approximate surface area is 118 Å². The third kappa shape index (κ3) is 4.11. The van der Waals surface area contributed by atoms with Crippen LogP contribution in [0.25, 0.3) is 0 Å².